The smallest absolute Gasteiger partial charge is 0.238 e. The molecule has 1 aliphatic rings. The lowest BCUT2D eigenvalue weighted by atomic mass is 9.93. The molecule has 0 aromatic heterocycles. The first-order valence-corrected chi connectivity index (χ1v) is 10.1. The first-order valence-electron chi connectivity index (χ1n) is 8.59. The SMILES string of the molecule is COc1ccc(-c2cc3c(cc2-c2ccc(S(N)(=O)=O)cc2)OCO3)cc1C. The van der Waals surface area contributed by atoms with Crippen LogP contribution in [-0.4, -0.2) is 22.3 Å². The average Bonchev–Trinajstić information content (AvgIpc) is 3.14. The van der Waals surface area contributed by atoms with Crippen LogP contribution >= 0.6 is 0 Å². The van der Waals surface area contributed by atoms with Gasteiger partial charge in [-0.3, -0.25) is 0 Å². The van der Waals surface area contributed by atoms with Crippen molar-refractivity contribution in [1.82, 2.24) is 0 Å². The minimum atomic E-state index is -3.75. The summed E-state index contributed by atoms with van der Waals surface area (Å²) in [5.74, 6) is 2.14. The van der Waals surface area contributed by atoms with Gasteiger partial charge in [0.1, 0.15) is 5.75 Å². The Balaban J connectivity index is 1.88. The van der Waals surface area contributed by atoms with E-state index in [0.717, 1.165) is 33.6 Å². The molecule has 6 nitrogen and oxygen atoms in total. The Labute approximate surface area is 163 Å². The summed E-state index contributed by atoms with van der Waals surface area (Å²) >= 11 is 0. The van der Waals surface area contributed by atoms with Crippen LogP contribution in [0.3, 0.4) is 0 Å². The van der Waals surface area contributed by atoms with Gasteiger partial charge >= 0.3 is 0 Å². The molecule has 144 valence electrons. The summed E-state index contributed by atoms with van der Waals surface area (Å²) in [6, 6.07) is 16.2. The van der Waals surface area contributed by atoms with Crippen molar-refractivity contribution in [1.29, 1.82) is 0 Å². The standard InChI is InChI=1S/C21H19NO5S/c1-13-9-15(5-8-19(13)25-2)18-11-21-20(26-12-27-21)10-17(18)14-3-6-16(7-4-14)28(22,23)24/h3-11H,12H2,1-2H3,(H2,22,23,24). The van der Waals surface area contributed by atoms with Crippen LogP contribution < -0.4 is 19.3 Å². The fraction of sp³-hybridized carbons (Fsp3) is 0.143. The second-order valence-electron chi connectivity index (χ2n) is 6.50. The number of fused-ring (bicyclic) bond motifs is 1. The highest BCUT2D eigenvalue weighted by Gasteiger charge is 2.20. The molecule has 2 N–H and O–H groups in total. The summed E-state index contributed by atoms with van der Waals surface area (Å²) in [4.78, 5) is 0.0684. The van der Waals surface area contributed by atoms with E-state index in [9.17, 15) is 8.42 Å². The van der Waals surface area contributed by atoms with Gasteiger partial charge in [-0.05, 0) is 71.1 Å². The number of benzene rings is 3. The third-order valence-corrected chi connectivity index (χ3v) is 5.64. The maximum absolute atomic E-state index is 11.5. The maximum atomic E-state index is 11.5. The van der Waals surface area contributed by atoms with Crippen LogP contribution in [0.1, 0.15) is 5.56 Å². The zero-order chi connectivity index (χ0) is 19.9. The highest BCUT2D eigenvalue weighted by molar-refractivity contribution is 7.89. The van der Waals surface area contributed by atoms with Gasteiger partial charge in [0.2, 0.25) is 16.8 Å². The maximum Gasteiger partial charge on any atom is 0.238 e. The van der Waals surface area contributed by atoms with Crippen molar-refractivity contribution >= 4 is 10.0 Å². The van der Waals surface area contributed by atoms with Gasteiger partial charge in [-0.15, -0.1) is 0 Å². The van der Waals surface area contributed by atoms with Crippen molar-refractivity contribution in [3.8, 4) is 39.5 Å². The van der Waals surface area contributed by atoms with E-state index in [1.54, 1.807) is 19.2 Å². The van der Waals surface area contributed by atoms with E-state index in [0.29, 0.717) is 11.5 Å². The van der Waals surface area contributed by atoms with Gasteiger partial charge in [-0.25, -0.2) is 13.6 Å². The Bertz CT molecular complexity index is 1150. The Hall–Kier alpha value is -3.03. The lowest BCUT2D eigenvalue weighted by molar-refractivity contribution is 0.174. The minimum absolute atomic E-state index is 0.0684. The Morgan fingerprint density at radius 3 is 2.00 bits per heavy atom. The van der Waals surface area contributed by atoms with E-state index in [4.69, 9.17) is 19.3 Å². The van der Waals surface area contributed by atoms with Crippen LogP contribution in [0.5, 0.6) is 17.2 Å². The molecular weight excluding hydrogens is 378 g/mol. The molecule has 28 heavy (non-hydrogen) atoms. The number of nitrogens with two attached hydrogens (primary N) is 1. The molecule has 1 heterocycles. The number of primary sulfonamides is 1. The molecule has 0 amide bonds. The molecule has 4 rings (SSSR count). The predicted octanol–water partition coefficient (Wildman–Crippen LogP) is 3.71. The van der Waals surface area contributed by atoms with Crippen molar-refractivity contribution < 1.29 is 22.6 Å². The monoisotopic (exact) mass is 397 g/mol. The largest absolute Gasteiger partial charge is 0.496 e. The fourth-order valence-electron chi connectivity index (χ4n) is 3.29. The molecule has 1 aliphatic heterocycles. The van der Waals surface area contributed by atoms with Crippen molar-refractivity contribution in [2.24, 2.45) is 5.14 Å². The van der Waals surface area contributed by atoms with E-state index >= 15 is 0 Å². The molecule has 0 spiro atoms. The number of hydrogen-bond donors (Lipinski definition) is 1. The third kappa shape index (κ3) is 3.30. The molecule has 0 atom stereocenters. The Kier molecular flexibility index (Phi) is 4.49. The second-order valence-corrected chi connectivity index (χ2v) is 8.07. The summed E-state index contributed by atoms with van der Waals surface area (Å²) in [7, 11) is -2.11. The van der Waals surface area contributed by atoms with Gasteiger partial charge in [0.05, 0.1) is 12.0 Å². The van der Waals surface area contributed by atoms with Crippen molar-refractivity contribution in [3.05, 3.63) is 60.2 Å². The van der Waals surface area contributed by atoms with Crippen LogP contribution in [0.2, 0.25) is 0 Å². The molecule has 0 aliphatic carbocycles. The van der Waals surface area contributed by atoms with Gasteiger partial charge in [-0.1, -0.05) is 18.2 Å². The zero-order valence-corrected chi connectivity index (χ0v) is 16.2. The van der Waals surface area contributed by atoms with E-state index in [-0.39, 0.29) is 11.7 Å². The van der Waals surface area contributed by atoms with Crippen molar-refractivity contribution in [2.45, 2.75) is 11.8 Å². The highest BCUT2D eigenvalue weighted by Crippen LogP contribution is 2.43. The molecule has 0 bridgehead atoms. The molecule has 3 aromatic carbocycles. The number of sulfonamides is 1. The molecule has 0 radical (unpaired) electrons. The normalized spacial score (nSPS) is 12.8. The van der Waals surface area contributed by atoms with Gasteiger partial charge in [0.15, 0.2) is 11.5 Å². The topological polar surface area (TPSA) is 87.9 Å². The quantitative estimate of drug-likeness (QED) is 0.725. The summed E-state index contributed by atoms with van der Waals surface area (Å²) in [5, 5.41) is 5.21. The molecular formula is C21H19NO5S. The van der Waals surface area contributed by atoms with E-state index in [1.807, 2.05) is 37.3 Å². The second kappa shape index (κ2) is 6.85. The predicted molar refractivity (Wildman–Crippen MR) is 106 cm³/mol. The number of aryl methyl sites for hydroxylation is 1. The summed E-state index contributed by atoms with van der Waals surface area (Å²) in [6.07, 6.45) is 0. The number of rotatable bonds is 4. The summed E-state index contributed by atoms with van der Waals surface area (Å²) in [6.45, 7) is 2.15. The molecule has 0 saturated carbocycles. The summed E-state index contributed by atoms with van der Waals surface area (Å²) < 4.78 is 39.5. The number of hydrogen-bond acceptors (Lipinski definition) is 5. The van der Waals surface area contributed by atoms with E-state index in [2.05, 4.69) is 0 Å². The van der Waals surface area contributed by atoms with Crippen molar-refractivity contribution in [2.75, 3.05) is 13.9 Å². The summed E-state index contributed by atoms with van der Waals surface area (Å²) in [5.41, 5.74) is 4.68. The van der Waals surface area contributed by atoms with Crippen LogP contribution in [0.4, 0.5) is 0 Å². The van der Waals surface area contributed by atoms with E-state index in [1.165, 1.54) is 12.1 Å². The molecule has 0 saturated heterocycles. The zero-order valence-electron chi connectivity index (χ0n) is 15.4. The third-order valence-electron chi connectivity index (χ3n) is 4.71. The van der Waals surface area contributed by atoms with Gasteiger partial charge < -0.3 is 14.2 Å². The van der Waals surface area contributed by atoms with Crippen LogP contribution in [-0.2, 0) is 10.0 Å². The Morgan fingerprint density at radius 1 is 0.893 bits per heavy atom. The Morgan fingerprint density at radius 2 is 1.46 bits per heavy atom. The average molecular weight is 397 g/mol. The van der Waals surface area contributed by atoms with Crippen LogP contribution in [0, 0.1) is 6.92 Å². The minimum Gasteiger partial charge on any atom is -0.496 e. The van der Waals surface area contributed by atoms with Crippen LogP contribution in [0.15, 0.2) is 59.5 Å². The molecule has 3 aromatic rings. The number of methoxy groups -OCH3 is 1. The van der Waals surface area contributed by atoms with Crippen LogP contribution in [0.25, 0.3) is 22.3 Å². The highest BCUT2D eigenvalue weighted by atomic mass is 32.2. The van der Waals surface area contributed by atoms with Gasteiger partial charge in [0, 0.05) is 0 Å². The molecule has 0 unspecified atom stereocenters. The molecule has 0 fully saturated rings. The van der Waals surface area contributed by atoms with Crippen molar-refractivity contribution in [3.63, 3.8) is 0 Å². The van der Waals surface area contributed by atoms with Gasteiger partial charge in [-0.2, -0.15) is 0 Å². The fourth-order valence-corrected chi connectivity index (χ4v) is 3.81. The lowest BCUT2D eigenvalue weighted by Gasteiger charge is -2.14. The number of ether oxygens (including phenoxy) is 3. The first-order chi connectivity index (χ1) is 13.4. The van der Waals surface area contributed by atoms with Gasteiger partial charge in [0.25, 0.3) is 0 Å². The first kappa shape index (κ1) is 18.3. The van der Waals surface area contributed by atoms with E-state index < -0.39 is 10.0 Å². The molecule has 7 heteroatoms. The lowest BCUT2D eigenvalue weighted by Crippen LogP contribution is -2.11.